The van der Waals surface area contributed by atoms with Crippen molar-refractivity contribution in [3.05, 3.63) is 51.5 Å². The summed E-state index contributed by atoms with van der Waals surface area (Å²) in [7, 11) is 0. The normalized spacial score (nSPS) is 9.84. The van der Waals surface area contributed by atoms with Crippen LogP contribution in [0, 0.1) is 24.6 Å². The van der Waals surface area contributed by atoms with Crippen LogP contribution in [0.3, 0.4) is 0 Å². The first-order valence-electron chi connectivity index (χ1n) is 5.75. The van der Waals surface area contributed by atoms with Crippen LogP contribution in [-0.2, 0) is 6.61 Å². The molecule has 0 spiro atoms. The maximum atomic E-state index is 13.1. The SMILES string of the molecule is Cc1ccc(F)cc1OCc1cc(C#CCO)cs1. The number of benzene rings is 1. The van der Waals surface area contributed by atoms with Crippen LogP contribution >= 0.6 is 11.3 Å². The molecule has 19 heavy (non-hydrogen) atoms. The highest BCUT2D eigenvalue weighted by Crippen LogP contribution is 2.22. The van der Waals surface area contributed by atoms with Gasteiger partial charge in [-0.05, 0) is 24.6 Å². The van der Waals surface area contributed by atoms with Crippen molar-refractivity contribution in [2.75, 3.05) is 6.61 Å². The Labute approximate surface area is 115 Å². The number of halogens is 1. The van der Waals surface area contributed by atoms with E-state index in [4.69, 9.17) is 9.84 Å². The molecule has 0 saturated heterocycles. The zero-order chi connectivity index (χ0) is 13.7. The van der Waals surface area contributed by atoms with Crippen molar-refractivity contribution >= 4 is 11.3 Å². The Morgan fingerprint density at radius 2 is 2.21 bits per heavy atom. The van der Waals surface area contributed by atoms with Gasteiger partial charge in [0.05, 0.1) is 0 Å². The van der Waals surface area contributed by atoms with Gasteiger partial charge in [0, 0.05) is 21.9 Å². The van der Waals surface area contributed by atoms with Crippen molar-refractivity contribution in [2.45, 2.75) is 13.5 Å². The summed E-state index contributed by atoms with van der Waals surface area (Å²) in [6.45, 7) is 2.11. The number of hydrogen-bond donors (Lipinski definition) is 1. The molecule has 0 saturated carbocycles. The molecule has 0 bridgehead atoms. The molecule has 2 rings (SSSR count). The molecule has 1 N–H and O–H groups in total. The van der Waals surface area contributed by atoms with Gasteiger partial charge in [-0.25, -0.2) is 4.39 Å². The predicted molar refractivity (Wildman–Crippen MR) is 73.8 cm³/mol. The minimum atomic E-state index is -0.304. The molecule has 0 unspecified atom stereocenters. The molecule has 98 valence electrons. The molecule has 0 aliphatic carbocycles. The topological polar surface area (TPSA) is 29.5 Å². The quantitative estimate of drug-likeness (QED) is 0.873. The Hall–Kier alpha value is -1.83. The maximum Gasteiger partial charge on any atom is 0.126 e. The molecule has 1 heterocycles. The summed E-state index contributed by atoms with van der Waals surface area (Å²) in [6, 6.07) is 6.39. The zero-order valence-electron chi connectivity index (χ0n) is 10.4. The number of rotatable bonds is 3. The van der Waals surface area contributed by atoms with E-state index in [9.17, 15) is 4.39 Å². The van der Waals surface area contributed by atoms with Crippen LogP contribution < -0.4 is 4.74 Å². The smallest absolute Gasteiger partial charge is 0.126 e. The van der Waals surface area contributed by atoms with Gasteiger partial charge in [0.25, 0.3) is 0 Å². The zero-order valence-corrected chi connectivity index (χ0v) is 11.3. The van der Waals surface area contributed by atoms with E-state index in [1.54, 1.807) is 6.07 Å². The molecular formula is C15H13FO2S. The number of ether oxygens (including phenoxy) is 1. The van der Waals surface area contributed by atoms with Gasteiger partial charge in [-0.15, -0.1) is 11.3 Å². The van der Waals surface area contributed by atoms with Gasteiger partial charge in [-0.3, -0.25) is 0 Å². The standard InChI is InChI=1S/C15H13FO2S/c1-11-4-5-13(16)8-15(11)18-9-14-7-12(10-19-14)3-2-6-17/h4-5,7-8,10,17H,6,9H2,1H3. The molecular weight excluding hydrogens is 263 g/mol. The van der Waals surface area contributed by atoms with Gasteiger partial charge >= 0.3 is 0 Å². The second-order valence-electron chi connectivity index (χ2n) is 3.96. The summed E-state index contributed by atoms with van der Waals surface area (Å²) in [5.41, 5.74) is 1.76. The Kier molecular flexibility index (Phi) is 4.56. The van der Waals surface area contributed by atoms with E-state index in [0.717, 1.165) is 16.0 Å². The molecule has 1 aromatic heterocycles. The molecule has 0 aliphatic heterocycles. The van der Waals surface area contributed by atoms with E-state index in [2.05, 4.69) is 11.8 Å². The number of aliphatic hydroxyl groups excluding tert-OH is 1. The maximum absolute atomic E-state index is 13.1. The fraction of sp³-hybridized carbons (Fsp3) is 0.200. The molecule has 0 aliphatic rings. The van der Waals surface area contributed by atoms with Crippen LogP contribution in [0.25, 0.3) is 0 Å². The molecule has 0 atom stereocenters. The molecule has 0 amide bonds. The highest BCUT2D eigenvalue weighted by Gasteiger charge is 2.03. The van der Waals surface area contributed by atoms with Crippen molar-refractivity contribution < 1.29 is 14.2 Å². The van der Waals surface area contributed by atoms with Gasteiger partial charge in [0.2, 0.25) is 0 Å². The Morgan fingerprint density at radius 1 is 1.37 bits per heavy atom. The summed E-state index contributed by atoms with van der Waals surface area (Å²) >= 11 is 1.53. The summed E-state index contributed by atoms with van der Waals surface area (Å²) in [5, 5.41) is 10.5. The first-order valence-corrected chi connectivity index (χ1v) is 6.63. The fourth-order valence-corrected chi connectivity index (χ4v) is 2.27. The van der Waals surface area contributed by atoms with Crippen molar-refractivity contribution in [3.63, 3.8) is 0 Å². The van der Waals surface area contributed by atoms with Crippen molar-refractivity contribution in [3.8, 4) is 17.6 Å². The molecule has 1 aromatic carbocycles. The third-order valence-corrected chi connectivity index (χ3v) is 3.40. The van der Waals surface area contributed by atoms with Crippen molar-refractivity contribution in [2.24, 2.45) is 0 Å². The molecule has 4 heteroatoms. The average Bonchev–Trinajstić information content (AvgIpc) is 2.85. The van der Waals surface area contributed by atoms with Gasteiger partial charge in [0.1, 0.15) is 24.8 Å². The predicted octanol–water partition coefficient (Wildman–Crippen LogP) is 3.12. The molecule has 0 radical (unpaired) electrons. The summed E-state index contributed by atoms with van der Waals surface area (Å²) < 4.78 is 18.7. The van der Waals surface area contributed by atoms with Gasteiger partial charge in [-0.1, -0.05) is 17.9 Å². The lowest BCUT2D eigenvalue weighted by Crippen LogP contribution is -1.95. The van der Waals surface area contributed by atoms with Gasteiger partial charge < -0.3 is 9.84 Å². The van der Waals surface area contributed by atoms with E-state index in [1.165, 1.54) is 23.5 Å². The summed E-state index contributed by atoms with van der Waals surface area (Å²) in [4.78, 5) is 1.01. The van der Waals surface area contributed by atoms with Crippen LogP contribution in [0.2, 0.25) is 0 Å². The summed E-state index contributed by atoms with van der Waals surface area (Å²) in [6.07, 6.45) is 0. The lowest BCUT2D eigenvalue weighted by atomic mass is 10.2. The largest absolute Gasteiger partial charge is 0.488 e. The van der Waals surface area contributed by atoms with Crippen LogP contribution in [0.1, 0.15) is 16.0 Å². The Morgan fingerprint density at radius 3 is 3.00 bits per heavy atom. The van der Waals surface area contributed by atoms with Crippen LogP contribution in [0.15, 0.2) is 29.6 Å². The second kappa shape index (κ2) is 6.37. The minimum Gasteiger partial charge on any atom is -0.488 e. The van der Waals surface area contributed by atoms with Crippen LogP contribution in [0.5, 0.6) is 5.75 Å². The second-order valence-corrected chi connectivity index (χ2v) is 4.96. The number of hydrogen-bond acceptors (Lipinski definition) is 3. The number of aryl methyl sites for hydroxylation is 1. The molecule has 2 nitrogen and oxygen atoms in total. The van der Waals surface area contributed by atoms with Crippen molar-refractivity contribution in [1.82, 2.24) is 0 Å². The molecule has 0 fully saturated rings. The Balaban J connectivity index is 2.02. The molecule has 2 aromatic rings. The lowest BCUT2D eigenvalue weighted by molar-refractivity contribution is 0.306. The number of thiophene rings is 1. The van der Waals surface area contributed by atoms with E-state index < -0.39 is 0 Å². The highest BCUT2D eigenvalue weighted by molar-refractivity contribution is 7.10. The van der Waals surface area contributed by atoms with Gasteiger partial charge in [0.15, 0.2) is 0 Å². The fourth-order valence-electron chi connectivity index (χ4n) is 1.54. The van der Waals surface area contributed by atoms with Crippen LogP contribution in [0.4, 0.5) is 4.39 Å². The van der Waals surface area contributed by atoms with E-state index in [-0.39, 0.29) is 12.4 Å². The summed E-state index contributed by atoms with van der Waals surface area (Å²) in [5.74, 6) is 5.67. The van der Waals surface area contributed by atoms with E-state index in [0.29, 0.717) is 12.4 Å². The third-order valence-electron chi connectivity index (χ3n) is 2.49. The third kappa shape index (κ3) is 3.82. The monoisotopic (exact) mass is 276 g/mol. The average molecular weight is 276 g/mol. The first-order chi connectivity index (χ1) is 9.19. The van der Waals surface area contributed by atoms with Crippen LogP contribution in [-0.4, -0.2) is 11.7 Å². The van der Waals surface area contributed by atoms with Crippen molar-refractivity contribution in [1.29, 1.82) is 0 Å². The van der Waals surface area contributed by atoms with E-state index >= 15 is 0 Å². The van der Waals surface area contributed by atoms with Gasteiger partial charge in [-0.2, -0.15) is 0 Å². The number of aliphatic hydroxyl groups is 1. The minimum absolute atomic E-state index is 0.149. The van der Waals surface area contributed by atoms with E-state index in [1.807, 2.05) is 18.4 Å². The Bertz CT molecular complexity index is 623. The first kappa shape index (κ1) is 13.6. The lowest BCUT2D eigenvalue weighted by Gasteiger charge is -2.07. The highest BCUT2D eigenvalue weighted by atomic mass is 32.1.